The molecule has 0 radical (unpaired) electrons. The number of benzene rings is 1. The fourth-order valence-electron chi connectivity index (χ4n) is 1.38. The average Bonchev–Trinajstić information content (AvgIpc) is 2.61. The molecule has 6 heteroatoms. The predicted molar refractivity (Wildman–Crippen MR) is 49.9 cm³/mol. The van der Waals surface area contributed by atoms with Crippen molar-refractivity contribution in [2.24, 2.45) is 5.84 Å². The van der Waals surface area contributed by atoms with Gasteiger partial charge in [0, 0.05) is 23.2 Å². The van der Waals surface area contributed by atoms with E-state index in [0.717, 1.165) is 12.1 Å². The maximum absolute atomic E-state index is 12.9. The number of H-pyrrole nitrogens is 1. The molecule has 78 valence electrons. The van der Waals surface area contributed by atoms with E-state index < -0.39 is 17.5 Å². The van der Waals surface area contributed by atoms with Crippen molar-refractivity contribution in [2.75, 3.05) is 0 Å². The molecule has 0 unspecified atom stereocenters. The zero-order valence-electron chi connectivity index (χ0n) is 7.47. The fraction of sp³-hybridized carbons (Fsp3) is 0. The number of halogens is 2. The molecule has 0 aliphatic heterocycles. The molecule has 0 saturated carbocycles. The van der Waals surface area contributed by atoms with Crippen LogP contribution in [0.5, 0.6) is 0 Å². The summed E-state index contributed by atoms with van der Waals surface area (Å²) in [4.78, 5) is 13.9. The molecular formula is C9H7F2N3O. The van der Waals surface area contributed by atoms with Crippen LogP contribution < -0.4 is 11.3 Å². The van der Waals surface area contributed by atoms with E-state index in [-0.39, 0.29) is 10.9 Å². The number of carbonyl (C=O) groups is 1. The first-order valence-electron chi connectivity index (χ1n) is 4.10. The molecule has 0 saturated heterocycles. The SMILES string of the molecule is NNC(=O)c1c[nH]c2cc(F)c(F)cc12. The molecule has 2 rings (SSSR count). The molecule has 0 aliphatic carbocycles. The van der Waals surface area contributed by atoms with Gasteiger partial charge in [0.1, 0.15) is 0 Å². The van der Waals surface area contributed by atoms with E-state index in [9.17, 15) is 13.6 Å². The molecule has 4 N–H and O–H groups in total. The van der Waals surface area contributed by atoms with Crippen LogP contribution in [-0.2, 0) is 0 Å². The highest BCUT2D eigenvalue weighted by Crippen LogP contribution is 2.21. The number of nitrogen functional groups attached to an aromatic ring is 1. The standard InChI is InChI=1S/C9H7F2N3O/c10-6-1-4-5(9(15)14-12)3-13-8(4)2-7(6)11/h1-3,13H,12H2,(H,14,15). The molecule has 1 aromatic heterocycles. The Bertz CT molecular complexity index is 535. The number of hydrazine groups is 1. The van der Waals surface area contributed by atoms with Crippen LogP contribution >= 0.6 is 0 Å². The van der Waals surface area contributed by atoms with Crippen LogP contribution in [0.2, 0.25) is 0 Å². The first-order chi connectivity index (χ1) is 7.13. The van der Waals surface area contributed by atoms with E-state index in [1.807, 2.05) is 5.43 Å². The summed E-state index contributed by atoms with van der Waals surface area (Å²) in [5.74, 6) is 2.40. The number of hydrogen-bond acceptors (Lipinski definition) is 2. The molecule has 1 aromatic carbocycles. The van der Waals surface area contributed by atoms with Crippen molar-refractivity contribution in [2.45, 2.75) is 0 Å². The van der Waals surface area contributed by atoms with Gasteiger partial charge in [0.2, 0.25) is 0 Å². The highest BCUT2D eigenvalue weighted by atomic mass is 19.2. The van der Waals surface area contributed by atoms with Crippen molar-refractivity contribution < 1.29 is 13.6 Å². The van der Waals surface area contributed by atoms with Gasteiger partial charge < -0.3 is 4.98 Å². The normalized spacial score (nSPS) is 10.6. The molecule has 15 heavy (non-hydrogen) atoms. The van der Waals surface area contributed by atoms with Crippen LogP contribution in [0.3, 0.4) is 0 Å². The second kappa shape index (κ2) is 3.32. The summed E-state index contributed by atoms with van der Waals surface area (Å²) in [6.45, 7) is 0. The van der Waals surface area contributed by atoms with Crippen LogP contribution in [0.25, 0.3) is 10.9 Å². The lowest BCUT2D eigenvalue weighted by molar-refractivity contribution is 0.0955. The van der Waals surface area contributed by atoms with Crippen molar-refractivity contribution in [3.8, 4) is 0 Å². The average molecular weight is 211 g/mol. The smallest absolute Gasteiger partial charge is 0.267 e. The Kier molecular flexibility index (Phi) is 2.12. The van der Waals surface area contributed by atoms with Gasteiger partial charge in [-0.15, -0.1) is 0 Å². The number of hydrogen-bond donors (Lipinski definition) is 3. The maximum atomic E-state index is 12.9. The van der Waals surface area contributed by atoms with Crippen molar-refractivity contribution >= 4 is 16.8 Å². The zero-order chi connectivity index (χ0) is 11.0. The van der Waals surface area contributed by atoms with E-state index in [0.29, 0.717) is 5.52 Å². The Hall–Kier alpha value is -1.95. The summed E-state index contributed by atoms with van der Waals surface area (Å²) in [5.41, 5.74) is 2.43. The predicted octanol–water partition coefficient (Wildman–Crippen LogP) is 1.05. The first-order valence-corrected chi connectivity index (χ1v) is 4.10. The number of nitrogens with two attached hydrogens (primary N) is 1. The summed E-state index contributed by atoms with van der Waals surface area (Å²) in [5, 5.41) is 0.289. The quantitative estimate of drug-likeness (QED) is 0.375. The van der Waals surface area contributed by atoms with E-state index in [1.54, 1.807) is 0 Å². The van der Waals surface area contributed by atoms with Crippen molar-refractivity contribution in [1.82, 2.24) is 10.4 Å². The van der Waals surface area contributed by atoms with Crippen LogP contribution in [0.1, 0.15) is 10.4 Å². The minimum Gasteiger partial charge on any atom is -0.360 e. The highest BCUT2D eigenvalue weighted by molar-refractivity contribution is 6.06. The van der Waals surface area contributed by atoms with E-state index >= 15 is 0 Å². The Labute approximate surface area is 83.0 Å². The van der Waals surface area contributed by atoms with Gasteiger partial charge in [-0.2, -0.15) is 0 Å². The van der Waals surface area contributed by atoms with E-state index in [4.69, 9.17) is 5.84 Å². The molecule has 0 aliphatic rings. The number of carbonyl (C=O) groups excluding carboxylic acids is 1. The zero-order valence-corrected chi connectivity index (χ0v) is 7.47. The topological polar surface area (TPSA) is 70.9 Å². The number of fused-ring (bicyclic) bond motifs is 1. The van der Waals surface area contributed by atoms with Crippen LogP contribution in [-0.4, -0.2) is 10.9 Å². The van der Waals surface area contributed by atoms with Gasteiger partial charge in [-0.1, -0.05) is 0 Å². The Balaban J connectivity index is 2.69. The van der Waals surface area contributed by atoms with Crippen molar-refractivity contribution in [3.05, 3.63) is 35.5 Å². The van der Waals surface area contributed by atoms with Crippen LogP contribution in [0.4, 0.5) is 8.78 Å². The van der Waals surface area contributed by atoms with Crippen LogP contribution in [0.15, 0.2) is 18.3 Å². The molecule has 4 nitrogen and oxygen atoms in total. The molecule has 2 aromatic rings. The lowest BCUT2D eigenvalue weighted by atomic mass is 10.1. The molecule has 0 fully saturated rings. The van der Waals surface area contributed by atoms with Crippen molar-refractivity contribution in [3.63, 3.8) is 0 Å². The molecule has 0 spiro atoms. The monoisotopic (exact) mass is 211 g/mol. The summed E-state index contributed by atoms with van der Waals surface area (Å²) >= 11 is 0. The third-order valence-corrected chi connectivity index (χ3v) is 2.10. The van der Waals surface area contributed by atoms with E-state index in [1.165, 1.54) is 6.20 Å². The van der Waals surface area contributed by atoms with Gasteiger partial charge in [-0.05, 0) is 6.07 Å². The van der Waals surface area contributed by atoms with E-state index in [2.05, 4.69) is 4.98 Å². The fourth-order valence-corrected chi connectivity index (χ4v) is 1.38. The minimum atomic E-state index is -1.01. The minimum absolute atomic E-state index is 0.173. The highest BCUT2D eigenvalue weighted by Gasteiger charge is 2.13. The third-order valence-electron chi connectivity index (χ3n) is 2.10. The van der Waals surface area contributed by atoms with Gasteiger partial charge in [-0.3, -0.25) is 10.2 Å². The Morgan fingerprint density at radius 2 is 2.00 bits per heavy atom. The largest absolute Gasteiger partial charge is 0.360 e. The molecule has 0 bridgehead atoms. The molecule has 0 atom stereocenters. The van der Waals surface area contributed by atoms with Gasteiger partial charge in [-0.25, -0.2) is 14.6 Å². The summed E-state index contributed by atoms with van der Waals surface area (Å²) in [7, 11) is 0. The second-order valence-electron chi connectivity index (χ2n) is 2.99. The Morgan fingerprint density at radius 1 is 1.33 bits per heavy atom. The third kappa shape index (κ3) is 1.44. The summed E-state index contributed by atoms with van der Waals surface area (Å²) < 4.78 is 25.7. The van der Waals surface area contributed by atoms with Gasteiger partial charge >= 0.3 is 0 Å². The van der Waals surface area contributed by atoms with Crippen molar-refractivity contribution in [1.29, 1.82) is 0 Å². The number of rotatable bonds is 1. The lowest BCUT2D eigenvalue weighted by Crippen LogP contribution is -2.29. The maximum Gasteiger partial charge on any atom is 0.267 e. The van der Waals surface area contributed by atoms with Gasteiger partial charge in [0.25, 0.3) is 5.91 Å². The summed E-state index contributed by atoms with van der Waals surface area (Å²) in [6.07, 6.45) is 1.34. The van der Waals surface area contributed by atoms with Gasteiger partial charge in [0.05, 0.1) is 5.56 Å². The number of aromatic amines is 1. The number of amides is 1. The Morgan fingerprint density at radius 3 is 2.67 bits per heavy atom. The van der Waals surface area contributed by atoms with Gasteiger partial charge in [0.15, 0.2) is 11.6 Å². The molecule has 1 amide bonds. The second-order valence-corrected chi connectivity index (χ2v) is 2.99. The lowest BCUT2D eigenvalue weighted by Gasteiger charge is -1.97. The number of nitrogens with one attached hydrogen (secondary N) is 2. The first kappa shape index (κ1) is 9.60. The molecule has 1 heterocycles. The summed E-state index contributed by atoms with van der Waals surface area (Å²) in [6, 6.07) is 1.93. The molecular weight excluding hydrogens is 204 g/mol. The number of aromatic nitrogens is 1. The van der Waals surface area contributed by atoms with Crippen LogP contribution in [0, 0.1) is 11.6 Å².